The summed E-state index contributed by atoms with van der Waals surface area (Å²) in [5, 5.41) is 17.3. The van der Waals surface area contributed by atoms with Crippen molar-refractivity contribution < 1.29 is 33.7 Å². The molecule has 0 aromatic carbocycles. The van der Waals surface area contributed by atoms with Crippen LogP contribution in [0.15, 0.2) is 71.1 Å². The Balaban J connectivity index is 2.56. The van der Waals surface area contributed by atoms with Crippen molar-refractivity contribution in [1.82, 2.24) is 10.6 Å². The number of rotatable bonds is 6. The van der Waals surface area contributed by atoms with Crippen molar-refractivity contribution in [3.8, 4) is 0 Å². The zero-order chi connectivity index (χ0) is 30.7. The van der Waals surface area contributed by atoms with Gasteiger partial charge in [-0.2, -0.15) is 0 Å². The summed E-state index contributed by atoms with van der Waals surface area (Å²) in [6, 6.07) is 0. The molecular formula is C31H45N3O7. The number of ketones is 1. The number of amides is 2. The third-order valence-electron chi connectivity index (χ3n) is 7.25. The predicted molar refractivity (Wildman–Crippen MR) is 157 cm³/mol. The fourth-order valence-electron chi connectivity index (χ4n) is 5.11. The summed E-state index contributed by atoms with van der Waals surface area (Å²) < 4.78 is 16.7. The first-order chi connectivity index (χ1) is 19.4. The van der Waals surface area contributed by atoms with Crippen molar-refractivity contribution in [1.29, 1.82) is 0 Å². The monoisotopic (exact) mass is 571 g/mol. The molecule has 10 nitrogen and oxygen atoms in total. The van der Waals surface area contributed by atoms with E-state index in [-0.39, 0.29) is 23.5 Å². The van der Waals surface area contributed by atoms with Crippen LogP contribution in [0.2, 0.25) is 0 Å². The van der Waals surface area contributed by atoms with Crippen molar-refractivity contribution in [3.05, 3.63) is 71.1 Å². The molecule has 1 aliphatic heterocycles. The number of carbonyl (C=O) groups excluding carboxylic acids is 3. The Morgan fingerprint density at radius 3 is 2.56 bits per heavy atom. The Bertz CT molecular complexity index is 1130. The van der Waals surface area contributed by atoms with E-state index in [2.05, 4.69) is 17.2 Å². The van der Waals surface area contributed by atoms with E-state index in [0.29, 0.717) is 48.3 Å². The number of aliphatic hydroxyl groups excluding tert-OH is 1. The van der Waals surface area contributed by atoms with Crippen LogP contribution in [-0.2, 0) is 23.8 Å². The fraction of sp³-hybridized carbons (Fsp3) is 0.516. The van der Waals surface area contributed by atoms with E-state index in [1.807, 2.05) is 19.9 Å². The number of methoxy groups -OCH3 is 2. The topological polar surface area (TPSA) is 149 Å². The van der Waals surface area contributed by atoms with E-state index >= 15 is 0 Å². The number of hydrogen-bond acceptors (Lipinski definition) is 8. The average molecular weight is 572 g/mol. The standard InChI is InChI=1S/C31H45N3O7/c1-8-12-33-27-22-13-18(2)14-26(40-7)28(36)20(4)15-21(5)29(41-31(32)38)25(39-6)11-9-10-19(3)30(37)34-23(16-22)17-24(27)35/h8-11,15,17-18,20,25-26,28-29,33,36H,1,12-14,16H2,2-7H3,(H2,32,38)(H,34,37)/b11-9-,19-10+,21-15+/t18-,20+,25+,26+,28-,29+/m1/s1. The Labute approximate surface area is 243 Å². The summed E-state index contributed by atoms with van der Waals surface area (Å²) in [6.07, 6.45) is 7.34. The lowest BCUT2D eigenvalue weighted by atomic mass is 9.85. The van der Waals surface area contributed by atoms with Crippen molar-refractivity contribution in [2.24, 2.45) is 17.6 Å². The summed E-state index contributed by atoms with van der Waals surface area (Å²) in [5.74, 6) is -0.910. The molecule has 0 spiro atoms. The molecule has 41 heavy (non-hydrogen) atoms. The second-order valence-electron chi connectivity index (χ2n) is 10.7. The highest BCUT2D eigenvalue weighted by Crippen LogP contribution is 2.30. The van der Waals surface area contributed by atoms with E-state index in [1.165, 1.54) is 13.2 Å². The molecule has 2 bridgehead atoms. The highest BCUT2D eigenvalue weighted by molar-refractivity contribution is 6.06. The largest absolute Gasteiger partial charge is 0.439 e. The van der Waals surface area contributed by atoms with Crippen LogP contribution in [0.25, 0.3) is 0 Å². The van der Waals surface area contributed by atoms with E-state index in [0.717, 1.165) is 5.57 Å². The molecule has 6 atom stereocenters. The van der Waals surface area contributed by atoms with E-state index in [9.17, 15) is 19.5 Å². The molecule has 0 saturated heterocycles. The van der Waals surface area contributed by atoms with Gasteiger partial charge in [0.05, 0.1) is 17.9 Å². The zero-order valence-corrected chi connectivity index (χ0v) is 24.9. The molecule has 0 aromatic rings. The second-order valence-corrected chi connectivity index (χ2v) is 10.7. The number of allylic oxidation sites excluding steroid dienone is 4. The summed E-state index contributed by atoms with van der Waals surface area (Å²) >= 11 is 0. The second kappa shape index (κ2) is 16.1. The van der Waals surface area contributed by atoms with Crippen molar-refractivity contribution in [2.75, 3.05) is 20.8 Å². The fourth-order valence-corrected chi connectivity index (χ4v) is 5.11. The van der Waals surface area contributed by atoms with Crippen LogP contribution < -0.4 is 16.4 Å². The first kappa shape index (κ1) is 33.7. The number of primary amides is 1. The Morgan fingerprint density at radius 2 is 1.95 bits per heavy atom. The van der Waals surface area contributed by atoms with Gasteiger partial charge in [-0.1, -0.05) is 44.2 Å². The molecule has 0 radical (unpaired) electrons. The minimum atomic E-state index is -0.968. The van der Waals surface area contributed by atoms with Gasteiger partial charge in [0.2, 0.25) is 5.78 Å². The van der Waals surface area contributed by atoms with Crippen LogP contribution in [0.5, 0.6) is 0 Å². The van der Waals surface area contributed by atoms with Gasteiger partial charge in [0, 0.05) is 50.4 Å². The minimum Gasteiger partial charge on any atom is -0.439 e. The smallest absolute Gasteiger partial charge is 0.405 e. The van der Waals surface area contributed by atoms with E-state index in [4.69, 9.17) is 19.9 Å². The summed E-state index contributed by atoms with van der Waals surface area (Å²) in [7, 11) is 3.02. The van der Waals surface area contributed by atoms with Gasteiger partial charge < -0.3 is 35.7 Å². The van der Waals surface area contributed by atoms with Gasteiger partial charge in [-0.15, -0.1) is 6.58 Å². The van der Waals surface area contributed by atoms with Gasteiger partial charge in [-0.3, -0.25) is 9.59 Å². The first-order valence-electron chi connectivity index (χ1n) is 13.8. The molecule has 0 fully saturated rings. The lowest BCUT2D eigenvalue weighted by Crippen LogP contribution is -2.37. The van der Waals surface area contributed by atoms with Gasteiger partial charge in [0.1, 0.15) is 6.10 Å². The third kappa shape index (κ3) is 9.84. The highest BCUT2D eigenvalue weighted by atomic mass is 16.6. The van der Waals surface area contributed by atoms with E-state index in [1.54, 1.807) is 45.3 Å². The molecule has 1 heterocycles. The lowest BCUT2D eigenvalue weighted by molar-refractivity contribution is -0.116. The first-order valence-corrected chi connectivity index (χ1v) is 13.8. The lowest BCUT2D eigenvalue weighted by Gasteiger charge is -2.30. The molecule has 5 N–H and O–H groups in total. The van der Waals surface area contributed by atoms with Gasteiger partial charge >= 0.3 is 6.09 Å². The summed E-state index contributed by atoms with van der Waals surface area (Å²) in [4.78, 5) is 37.7. The molecule has 226 valence electrons. The molecule has 2 amide bonds. The molecule has 0 saturated carbocycles. The Hall–Kier alpha value is -3.47. The van der Waals surface area contributed by atoms with E-state index < -0.39 is 30.5 Å². The number of ether oxygens (including phenoxy) is 3. The zero-order valence-electron chi connectivity index (χ0n) is 24.9. The van der Waals surface area contributed by atoms with Crippen LogP contribution in [0.1, 0.15) is 47.0 Å². The summed E-state index contributed by atoms with van der Waals surface area (Å²) in [5.41, 5.74) is 8.26. The molecule has 0 unspecified atom stereocenters. The number of nitrogens with one attached hydrogen (secondary N) is 2. The maximum absolute atomic E-state index is 13.1. The minimum absolute atomic E-state index is 0.0296. The Kier molecular flexibility index (Phi) is 13.2. The molecular weight excluding hydrogens is 526 g/mol. The maximum Gasteiger partial charge on any atom is 0.405 e. The van der Waals surface area contributed by atoms with Crippen LogP contribution in [0, 0.1) is 11.8 Å². The third-order valence-corrected chi connectivity index (χ3v) is 7.25. The molecule has 0 aromatic heterocycles. The van der Waals surface area contributed by atoms with Crippen LogP contribution in [-0.4, -0.2) is 68.1 Å². The molecule has 1 aliphatic carbocycles. The Morgan fingerprint density at radius 1 is 1.24 bits per heavy atom. The highest BCUT2D eigenvalue weighted by Gasteiger charge is 2.30. The van der Waals surface area contributed by atoms with Crippen molar-refractivity contribution >= 4 is 17.8 Å². The van der Waals surface area contributed by atoms with Crippen LogP contribution >= 0.6 is 0 Å². The van der Waals surface area contributed by atoms with Crippen molar-refractivity contribution in [3.63, 3.8) is 0 Å². The molecule has 2 aliphatic rings. The number of aliphatic hydroxyl groups is 1. The number of carbonyl (C=O) groups is 3. The number of fused-ring (bicyclic) bond motifs is 2. The van der Waals surface area contributed by atoms with Gasteiger partial charge in [0.15, 0.2) is 6.10 Å². The number of hydrogen-bond donors (Lipinski definition) is 4. The normalized spacial score (nSPS) is 32.0. The molecule has 10 heteroatoms. The van der Waals surface area contributed by atoms with Gasteiger partial charge in [0.25, 0.3) is 5.91 Å². The number of nitrogens with two attached hydrogens (primary N) is 1. The predicted octanol–water partition coefficient (Wildman–Crippen LogP) is 3.36. The van der Waals surface area contributed by atoms with Crippen LogP contribution in [0.3, 0.4) is 0 Å². The quantitative estimate of drug-likeness (QED) is 0.355. The summed E-state index contributed by atoms with van der Waals surface area (Å²) in [6.45, 7) is 11.5. The van der Waals surface area contributed by atoms with Gasteiger partial charge in [-0.05, 0) is 43.8 Å². The van der Waals surface area contributed by atoms with Gasteiger partial charge in [-0.25, -0.2) is 4.79 Å². The average Bonchev–Trinajstić information content (AvgIpc) is 2.91. The SMILES string of the molecule is C=CCNC1=C2CC(=CC1=O)NC(=O)/C(C)=C/C=C\[C@H](OC)[C@@H](OC(N)=O)/C(C)=C/[C@H](C)[C@@H](O)[C@@H](OC)C[C@H](C)C2. The van der Waals surface area contributed by atoms with Crippen molar-refractivity contribution in [2.45, 2.75) is 71.4 Å². The molecule has 2 rings (SSSR count). The maximum atomic E-state index is 13.1. The van der Waals surface area contributed by atoms with Crippen LogP contribution in [0.4, 0.5) is 4.79 Å².